The van der Waals surface area contributed by atoms with Gasteiger partial charge in [0.05, 0.1) is 0 Å². The van der Waals surface area contributed by atoms with Crippen LogP contribution in [0.15, 0.2) is 26.2 Å². The molecule has 0 atom stereocenters. The Kier molecular flexibility index (Phi) is 5.39. The minimum absolute atomic E-state index is 0.178. The Morgan fingerprint density at radius 3 is 2.71 bits per heavy atom. The summed E-state index contributed by atoms with van der Waals surface area (Å²) in [4.78, 5) is 2.61. The number of hydrogen-bond acceptors (Lipinski definition) is 6. The Morgan fingerprint density at radius 2 is 2.12 bits per heavy atom. The Morgan fingerprint density at radius 1 is 1.38 bits per heavy atom. The first kappa shape index (κ1) is 17.6. The third kappa shape index (κ3) is 4.05. The molecule has 0 spiro atoms. The summed E-state index contributed by atoms with van der Waals surface area (Å²) in [6.45, 7) is 6.74. The average molecular weight is 370 g/mol. The predicted octanol–water partition coefficient (Wildman–Crippen LogP) is 2.54. The Bertz CT molecular complexity index is 741. The highest BCUT2D eigenvalue weighted by Gasteiger charge is 2.26. The van der Waals surface area contributed by atoms with Crippen LogP contribution in [0.25, 0.3) is 0 Å². The van der Waals surface area contributed by atoms with Crippen LogP contribution in [0, 0.1) is 19.8 Å². The summed E-state index contributed by atoms with van der Waals surface area (Å²) < 4.78 is 32.6. The number of aromatic nitrogens is 1. The minimum Gasteiger partial charge on any atom is -0.360 e. The van der Waals surface area contributed by atoms with E-state index in [1.165, 1.54) is 5.56 Å². The van der Waals surface area contributed by atoms with Gasteiger partial charge in [-0.15, -0.1) is 0 Å². The summed E-state index contributed by atoms with van der Waals surface area (Å²) in [6.07, 6.45) is 2.02. The van der Waals surface area contributed by atoms with Gasteiger partial charge in [0.25, 0.3) is 0 Å². The zero-order chi connectivity index (χ0) is 17.2. The number of thiophene rings is 1. The molecule has 0 amide bonds. The van der Waals surface area contributed by atoms with E-state index in [4.69, 9.17) is 4.52 Å². The zero-order valence-electron chi connectivity index (χ0n) is 14.0. The Hall–Kier alpha value is -1.22. The number of nitrogens with one attached hydrogen (secondary N) is 1. The first-order valence-electron chi connectivity index (χ1n) is 8.11. The molecule has 1 fully saturated rings. The van der Waals surface area contributed by atoms with Gasteiger partial charge in [-0.1, -0.05) is 5.16 Å². The van der Waals surface area contributed by atoms with Crippen LogP contribution in [-0.4, -0.2) is 38.1 Å². The Labute approximate surface area is 146 Å². The number of hydrogen-bond donors (Lipinski definition) is 1. The fraction of sp³-hybridized carbons (Fsp3) is 0.562. The molecule has 2 aromatic rings. The maximum atomic E-state index is 12.4. The van der Waals surface area contributed by atoms with Crippen molar-refractivity contribution in [1.29, 1.82) is 0 Å². The first-order valence-corrected chi connectivity index (χ1v) is 10.5. The van der Waals surface area contributed by atoms with E-state index >= 15 is 0 Å². The fourth-order valence-electron chi connectivity index (χ4n) is 3.15. The summed E-state index contributed by atoms with van der Waals surface area (Å²) >= 11 is 1.72. The van der Waals surface area contributed by atoms with Crippen molar-refractivity contribution >= 4 is 21.4 Å². The number of likely N-dealkylation sites (tertiary alicyclic amines) is 1. The largest absolute Gasteiger partial charge is 0.360 e. The van der Waals surface area contributed by atoms with Gasteiger partial charge in [-0.2, -0.15) is 11.3 Å². The van der Waals surface area contributed by atoms with Crippen LogP contribution in [0.2, 0.25) is 0 Å². The Balaban J connectivity index is 1.50. The molecule has 0 aliphatic carbocycles. The van der Waals surface area contributed by atoms with Gasteiger partial charge in [0.1, 0.15) is 10.6 Å². The highest BCUT2D eigenvalue weighted by Crippen LogP contribution is 2.22. The zero-order valence-corrected chi connectivity index (χ0v) is 15.6. The van der Waals surface area contributed by atoms with Gasteiger partial charge in [-0.05, 0) is 68.1 Å². The van der Waals surface area contributed by atoms with E-state index in [-0.39, 0.29) is 4.90 Å². The molecule has 0 unspecified atom stereocenters. The fourth-order valence-corrected chi connectivity index (χ4v) is 5.25. The van der Waals surface area contributed by atoms with Crippen molar-refractivity contribution in [3.05, 3.63) is 33.8 Å². The van der Waals surface area contributed by atoms with E-state index in [0.717, 1.165) is 32.5 Å². The predicted molar refractivity (Wildman–Crippen MR) is 93.5 cm³/mol. The van der Waals surface area contributed by atoms with Crippen LogP contribution in [0.1, 0.15) is 29.9 Å². The van der Waals surface area contributed by atoms with Crippen molar-refractivity contribution in [2.75, 3.05) is 19.6 Å². The molecule has 1 saturated heterocycles. The number of sulfonamides is 1. The van der Waals surface area contributed by atoms with Crippen LogP contribution < -0.4 is 4.72 Å². The maximum absolute atomic E-state index is 12.4. The summed E-state index contributed by atoms with van der Waals surface area (Å²) in [7, 11) is -3.55. The molecule has 24 heavy (non-hydrogen) atoms. The topological polar surface area (TPSA) is 75.4 Å². The average Bonchev–Trinajstić information content (AvgIpc) is 3.17. The van der Waals surface area contributed by atoms with Gasteiger partial charge >= 0.3 is 0 Å². The summed E-state index contributed by atoms with van der Waals surface area (Å²) in [6, 6.07) is 2.16. The van der Waals surface area contributed by atoms with Crippen LogP contribution in [-0.2, 0) is 16.6 Å². The molecular weight excluding hydrogens is 346 g/mol. The number of piperidine rings is 1. The normalized spacial score (nSPS) is 17.4. The van der Waals surface area contributed by atoms with Crippen LogP contribution in [0.5, 0.6) is 0 Å². The van der Waals surface area contributed by atoms with Gasteiger partial charge in [0.2, 0.25) is 10.0 Å². The number of aryl methyl sites for hydroxylation is 2. The second-order valence-electron chi connectivity index (χ2n) is 6.36. The first-order chi connectivity index (χ1) is 11.5. The molecular formula is C16H23N3O3S2. The van der Waals surface area contributed by atoms with E-state index in [1.807, 2.05) is 0 Å². The van der Waals surface area contributed by atoms with Crippen molar-refractivity contribution in [1.82, 2.24) is 14.8 Å². The quantitative estimate of drug-likeness (QED) is 0.847. The lowest BCUT2D eigenvalue weighted by molar-refractivity contribution is 0.178. The molecule has 132 valence electrons. The smallest absolute Gasteiger partial charge is 0.245 e. The van der Waals surface area contributed by atoms with Crippen molar-refractivity contribution in [3.8, 4) is 0 Å². The summed E-state index contributed by atoms with van der Waals surface area (Å²) in [5, 5.41) is 8.01. The molecule has 3 rings (SSSR count). The van der Waals surface area contributed by atoms with E-state index in [0.29, 0.717) is 23.9 Å². The minimum atomic E-state index is -3.55. The van der Waals surface area contributed by atoms with Crippen molar-refractivity contribution in [2.24, 2.45) is 5.92 Å². The second kappa shape index (κ2) is 7.35. The lowest BCUT2D eigenvalue weighted by Gasteiger charge is -2.31. The molecule has 0 bridgehead atoms. The monoisotopic (exact) mass is 369 g/mol. The lowest BCUT2D eigenvalue weighted by atomic mass is 9.97. The van der Waals surface area contributed by atoms with Gasteiger partial charge in [0.15, 0.2) is 5.76 Å². The van der Waals surface area contributed by atoms with Crippen molar-refractivity contribution in [3.63, 3.8) is 0 Å². The van der Waals surface area contributed by atoms with Gasteiger partial charge in [0, 0.05) is 13.1 Å². The van der Waals surface area contributed by atoms with Gasteiger partial charge < -0.3 is 4.52 Å². The molecule has 3 heterocycles. The molecule has 1 aliphatic heterocycles. The molecule has 1 N–H and O–H groups in total. The van der Waals surface area contributed by atoms with Crippen molar-refractivity contribution < 1.29 is 12.9 Å². The molecule has 0 saturated carbocycles. The summed E-state index contributed by atoms with van der Waals surface area (Å²) in [5.41, 5.74) is 1.77. The molecule has 1 aliphatic rings. The van der Waals surface area contributed by atoms with Crippen LogP contribution >= 0.6 is 11.3 Å². The number of nitrogens with zero attached hydrogens (tertiary/aromatic N) is 2. The third-order valence-corrected chi connectivity index (χ3v) is 6.89. The number of rotatable bonds is 6. The molecule has 6 nitrogen and oxygen atoms in total. The van der Waals surface area contributed by atoms with Gasteiger partial charge in [-0.3, -0.25) is 4.90 Å². The van der Waals surface area contributed by atoms with E-state index < -0.39 is 10.0 Å². The van der Waals surface area contributed by atoms with Crippen LogP contribution in [0.3, 0.4) is 0 Å². The van der Waals surface area contributed by atoms with Crippen molar-refractivity contribution in [2.45, 2.75) is 38.1 Å². The second-order valence-corrected chi connectivity index (χ2v) is 8.84. The standard InChI is InChI=1S/C16H23N3O3S2/c1-12-16(13(2)22-18-12)24(20,21)17-9-14-3-6-19(7-4-14)10-15-5-8-23-11-15/h5,8,11,14,17H,3-4,6-7,9-10H2,1-2H3. The van der Waals surface area contributed by atoms with Gasteiger partial charge in [-0.25, -0.2) is 13.1 Å². The highest BCUT2D eigenvalue weighted by atomic mass is 32.2. The SMILES string of the molecule is Cc1noc(C)c1S(=O)(=O)NCC1CCN(Cc2ccsc2)CC1. The third-order valence-electron chi connectivity index (χ3n) is 4.49. The lowest BCUT2D eigenvalue weighted by Crippen LogP contribution is -2.38. The van der Waals surface area contributed by atoms with E-state index in [1.54, 1.807) is 25.2 Å². The molecule has 2 aromatic heterocycles. The maximum Gasteiger partial charge on any atom is 0.245 e. The highest BCUT2D eigenvalue weighted by molar-refractivity contribution is 7.89. The van der Waals surface area contributed by atoms with E-state index in [2.05, 4.69) is 31.6 Å². The molecule has 0 aromatic carbocycles. The summed E-state index contributed by atoms with van der Waals surface area (Å²) in [5.74, 6) is 0.713. The van der Waals surface area contributed by atoms with E-state index in [9.17, 15) is 8.42 Å². The molecule has 0 radical (unpaired) electrons. The molecule has 8 heteroatoms. The van der Waals surface area contributed by atoms with Crippen LogP contribution in [0.4, 0.5) is 0 Å².